The van der Waals surface area contributed by atoms with Crippen LogP contribution in [0.5, 0.6) is 5.75 Å². The summed E-state index contributed by atoms with van der Waals surface area (Å²) in [5.41, 5.74) is 2.03. The zero-order chi connectivity index (χ0) is 20.7. The van der Waals surface area contributed by atoms with E-state index >= 15 is 0 Å². The Balaban J connectivity index is 1.51. The minimum atomic E-state index is -0.546. The van der Waals surface area contributed by atoms with E-state index in [0.717, 1.165) is 17.0 Å². The van der Waals surface area contributed by atoms with Crippen LogP contribution in [0.1, 0.15) is 26.3 Å². The topological polar surface area (TPSA) is 72.5 Å². The van der Waals surface area contributed by atoms with Crippen LogP contribution in [0.25, 0.3) is 0 Å². The number of anilines is 3. The van der Waals surface area contributed by atoms with Crippen LogP contribution < -0.4 is 15.4 Å². The van der Waals surface area contributed by atoms with Crippen molar-refractivity contribution < 1.29 is 14.3 Å². The number of nitrogens with zero attached hydrogens (tertiary/aromatic N) is 1. The smallest absolute Gasteiger partial charge is 0.412 e. The van der Waals surface area contributed by atoms with Crippen molar-refractivity contribution in [2.45, 2.75) is 33.0 Å². The predicted octanol–water partition coefficient (Wildman–Crippen LogP) is 5.75. The molecule has 29 heavy (non-hydrogen) atoms. The van der Waals surface area contributed by atoms with Crippen molar-refractivity contribution in [2.75, 3.05) is 10.6 Å². The minimum Gasteiger partial charge on any atom is -0.489 e. The SMILES string of the molecule is CC(C)(C)OC(=O)Nc1ccc(Nc2ccc(OCc3ccccc3)cc2)nc1. The van der Waals surface area contributed by atoms with Gasteiger partial charge in [-0.1, -0.05) is 30.3 Å². The van der Waals surface area contributed by atoms with E-state index in [1.807, 2.05) is 75.4 Å². The van der Waals surface area contributed by atoms with Crippen LogP contribution in [0.3, 0.4) is 0 Å². The molecule has 2 aromatic carbocycles. The second kappa shape index (κ2) is 9.10. The highest BCUT2D eigenvalue weighted by atomic mass is 16.6. The van der Waals surface area contributed by atoms with Gasteiger partial charge in [-0.05, 0) is 62.7 Å². The van der Waals surface area contributed by atoms with Gasteiger partial charge >= 0.3 is 6.09 Å². The molecular formula is C23H25N3O3. The maximum atomic E-state index is 11.8. The highest BCUT2D eigenvalue weighted by molar-refractivity contribution is 5.84. The number of pyridine rings is 1. The normalized spacial score (nSPS) is 10.9. The Morgan fingerprint density at radius 2 is 1.62 bits per heavy atom. The quantitative estimate of drug-likeness (QED) is 0.560. The Bertz CT molecular complexity index is 918. The number of rotatable bonds is 6. The molecule has 6 heteroatoms. The summed E-state index contributed by atoms with van der Waals surface area (Å²) < 4.78 is 11.0. The molecule has 0 saturated heterocycles. The third-order valence-corrected chi connectivity index (χ3v) is 3.78. The van der Waals surface area contributed by atoms with Gasteiger partial charge in [-0.2, -0.15) is 0 Å². The number of carbonyl (C=O) groups is 1. The van der Waals surface area contributed by atoms with E-state index < -0.39 is 11.7 Å². The molecule has 0 aliphatic heterocycles. The third kappa shape index (κ3) is 6.84. The number of benzene rings is 2. The fourth-order valence-corrected chi connectivity index (χ4v) is 2.49. The van der Waals surface area contributed by atoms with Gasteiger partial charge in [-0.3, -0.25) is 5.32 Å². The van der Waals surface area contributed by atoms with Gasteiger partial charge in [0.2, 0.25) is 0 Å². The van der Waals surface area contributed by atoms with Crippen LogP contribution in [0.4, 0.5) is 22.0 Å². The van der Waals surface area contributed by atoms with E-state index in [1.165, 1.54) is 0 Å². The Hall–Kier alpha value is -3.54. The van der Waals surface area contributed by atoms with Crippen LogP contribution in [0.2, 0.25) is 0 Å². The highest BCUT2D eigenvalue weighted by Crippen LogP contribution is 2.21. The van der Waals surface area contributed by atoms with Crippen molar-refractivity contribution >= 4 is 23.3 Å². The lowest BCUT2D eigenvalue weighted by atomic mass is 10.2. The summed E-state index contributed by atoms with van der Waals surface area (Å²) >= 11 is 0. The fraction of sp³-hybridized carbons (Fsp3) is 0.217. The summed E-state index contributed by atoms with van der Waals surface area (Å²) in [6.07, 6.45) is 1.06. The first kappa shape index (κ1) is 20.2. The average molecular weight is 391 g/mol. The van der Waals surface area contributed by atoms with Crippen molar-refractivity contribution in [2.24, 2.45) is 0 Å². The van der Waals surface area contributed by atoms with Gasteiger partial charge in [0.15, 0.2) is 0 Å². The molecule has 1 aromatic heterocycles. The van der Waals surface area contributed by atoms with E-state index in [2.05, 4.69) is 15.6 Å². The van der Waals surface area contributed by atoms with Gasteiger partial charge in [-0.15, -0.1) is 0 Å². The molecule has 0 bridgehead atoms. The third-order valence-electron chi connectivity index (χ3n) is 3.78. The summed E-state index contributed by atoms with van der Waals surface area (Å²) in [4.78, 5) is 16.1. The maximum Gasteiger partial charge on any atom is 0.412 e. The van der Waals surface area contributed by atoms with E-state index in [0.29, 0.717) is 18.1 Å². The number of hydrogen-bond acceptors (Lipinski definition) is 5. The number of aromatic nitrogens is 1. The maximum absolute atomic E-state index is 11.8. The molecule has 0 aliphatic carbocycles. The summed E-state index contributed by atoms with van der Waals surface area (Å²) in [5.74, 6) is 1.46. The van der Waals surface area contributed by atoms with Crippen LogP contribution >= 0.6 is 0 Å². The Kier molecular flexibility index (Phi) is 6.34. The molecule has 2 N–H and O–H groups in total. The molecule has 3 aromatic rings. The molecule has 0 spiro atoms. The van der Waals surface area contributed by atoms with Gasteiger partial charge in [-0.25, -0.2) is 9.78 Å². The van der Waals surface area contributed by atoms with E-state index in [4.69, 9.17) is 9.47 Å². The van der Waals surface area contributed by atoms with E-state index in [9.17, 15) is 4.79 Å². The molecule has 0 fully saturated rings. The number of hydrogen-bond donors (Lipinski definition) is 2. The molecule has 0 radical (unpaired) electrons. The number of nitrogens with one attached hydrogen (secondary N) is 2. The number of amides is 1. The molecule has 0 atom stereocenters. The zero-order valence-corrected chi connectivity index (χ0v) is 16.8. The van der Waals surface area contributed by atoms with Gasteiger partial charge in [0.1, 0.15) is 23.8 Å². The molecule has 0 unspecified atom stereocenters. The molecule has 1 heterocycles. The van der Waals surface area contributed by atoms with Crippen LogP contribution in [0, 0.1) is 0 Å². The van der Waals surface area contributed by atoms with Gasteiger partial charge in [0, 0.05) is 5.69 Å². The lowest BCUT2D eigenvalue weighted by molar-refractivity contribution is 0.0636. The van der Waals surface area contributed by atoms with Gasteiger partial charge in [0.25, 0.3) is 0 Å². The van der Waals surface area contributed by atoms with Crippen molar-refractivity contribution in [1.29, 1.82) is 0 Å². The van der Waals surface area contributed by atoms with Crippen molar-refractivity contribution in [3.05, 3.63) is 78.5 Å². The summed E-state index contributed by atoms with van der Waals surface area (Å²) in [6.45, 7) is 5.97. The predicted molar refractivity (Wildman–Crippen MR) is 115 cm³/mol. The molecule has 6 nitrogen and oxygen atoms in total. The Morgan fingerprint density at radius 3 is 2.24 bits per heavy atom. The first-order chi connectivity index (χ1) is 13.9. The molecule has 0 aliphatic rings. The van der Waals surface area contributed by atoms with Crippen molar-refractivity contribution in [1.82, 2.24) is 4.98 Å². The zero-order valence-electron chi connectivity index (χ0n) is 16.8. The van der Waals surface area contributed by atoms with Crippen LogP contribution in [0.15, 0.2) is 72.9 Å². The largest absolute Gasteiger partial charge is 0.489 e. The lowest BCUT2D eigenvalue weighted by Crippen LogP contribution is -2.27. The Morgan fingerprint density at radius 1 is 0.931 bits per heavy atom. The van der Waals surface area contributed by atoms with Crippen LogP contribution in [-0.4, -0.2) is 16.7 Å². The number of carbonyl (C=O) groups excluding carboxylic acids is 1. The standard InChI is InChI=1S/C23H25N3O3/c1-23(2,3)29-22(27)26-19-11-14-21(24-15-19)25-18-9-12-20(13-10-18)28-16-17-7-5-4-6-8-17/h4-15H,16H2,1-3H3,(H,24,25)(H,26,27). The second-order valence-corrected chi connectivity index (χ2v) is 7.48. The first-order valence-electron chi connectivity index (χ1n) is 9.37. The molecule has 3 rings (SSSR count). The van der Waals surface area contributed by atoms with E-state index in [-0.39, 0.29) is 0 Å². The molecule has 150 valence electrons. The molecule has 0 saturated carbocycles. The van der Waals surface area contributed by atoms with Crippen molar-refractivity contribution in [3.63, 3.8) is 0 Å². The molecule has 1 amide bonds. The monoisotopic (exact) mass is 391 g/mol. The minimum absolute atomic E-state index is 0.508. The highest BCUT2D eigenvalue weighted by Gasteiger charge is 2.16. The summed E-state index contributed by atoms with van der Waals surface area (Å²) in [7, 11) is 0. The lowest BCUT2D eigenvalue weighted by Gasteiger charge is -2.19. The molecular weight excluding hydrogens is 366 g/mol. The number of ether oxygens (including phenoxy) is 2. The summed E-state index contributed by atoms with van der Waals surface area (Å²) in [6, 6.07) is 21.2. The average Bonchev–Trinajstić information content (AvgIpc) is 2.68. The van der Waals surface area contributed by atoms with Gasteiger partial charge in [0.05, 0.1) is 11.9 Å². The van der Waals surface area contributed by atoms with Crippen LogP contribution in [-0.2, 0) is 11.3 Å². The second-order valence-electron chi connectivity index (χ2n) is 7.48. The van der Waals surface area contributed by atoms with E-state index in [1.54, 1.807) is 18.3 Å². The fourth-order valence-electron chi connectivity index (χ4n) is 2.49. The Labute approximate surface area is 170 Å². The van der Waals surface area contributed by atoms with Gasteiger partial charge < -0.3 is 14.8 Å². The summed E-state index contributed by atoms with van der Waals surface area (Å²) in [5, 5.41) is 5.87. The van der Waals surface area contributed by atoms with Crippen molar-refractivity contribution in [3.8, 4) is 5.75 Å². The first-order valence-corrected chi connectivity index (χ1v) is 9.37.